The van der Waals surface area contributed by atoms with Crippen LogP contribution in [0.2, 0.25) is 0 Å². The van der Waals surface area contributed by atoms with Gasteiger partial charge in [-0.15, -0.1) is 0 Å². The SMILES string of the molecule is CCC(C)(O)P(=O)(O)OC(C)(CF)CCO[C@H]([C@H](O)CO)[n+]1cn(C)c2c(=O)[nH]cnc21. The Bertz CT molecular complexity index is 1030. The van der Waals surface area contributed by atoms with E-state index < -0.39 is 49.7 Å². The molecule has 3 unspecified atom stereocenters. The Kier molecular flexibility index (Phi) is 8.32. The molecule has 0 aliphatic heterocycles. The monoisotopic (exact) mass is 481 g/mol. The minimum absolute atomic E-state index is 0.0890. The van der Waals surface area contributed by atoms with E-state index in [1.54, 1.807) is 7.05 Å². The number of rotatable bonds is 12. The minimum Gasteiger partial charge on any atom is -0.393 e. The number of hydrogen-bond donors (Lipinski definition) is 5. The zero-order valence-corrected chi connectivity index (χ0v) is 19.3. The number of aliphatic hydroxyl groups is 3. The molecule has 2 aromatic rings. The number of ether oxygens (including phenoxy) is 1. The topological polar surface area (TPSA) is 171 Å². The molecule has 0 aromatic carbocycles. The Morgan fingerprint density at radius 2 is 2.09 bits per heavy atom. The first-order valence-corrected chi connectivity index (χ1v) is 11.6. The highest BCUT2D eigenvalue weighted by Crippen LogP contribution is 2.58. The van der Waals surface area contributed by atoms with Gasteiger partial charge in [0.2, 0.25) is 11.7 Å². The summed E-state index contributed by atoms with van der Waals surface area (Å²) in [5, 5.41) is 27.8. The second-order valence-electron chi connectivity index (χ2n) is 8.06. The van der Waals surface area contributed by atoms with Gasteiger partial charge in [-0.05, 0) is 20.3 Å². The molecule has 2 rings (SSSR count). The van der Waals surface area contributed by atoms with Crippen LogP contribution in [0.15, 0.2) is 17.4 Å². The van der Waals surface area contributed by atoms with E-state index in [9.17, 15) is 34.0 Å². The van der Waals surface area contributed by atoms with Crippen molar-refractivity contribution in [2.75, 3.05) is 19.9 Å². The standard InChI is InChI=1S/C18H30FN4O8P/c1-5-18(3,27)32(28,29)31-17(2,9-19)6-7-30-16(12(25)8-24)23-11-22(4)13-14(23)20-10-21-15(13)26/h10-12,16,24-25,27H,5-9H2,1-4H3,(H-,20,21,26,28,29)/p+1/t12-,16-,17?,18?/m1/s1. The third-order valence-electron chi connectivity index (χ3n) is 5.32. The van der Waals surface area contributed by atoms with Gasteiger partial charge in [0.25, 0.3) is 5.56 Å². The van der Waals surface area contributed by atoms with Crippen molar-refractivity contribution in [1.29, 1.82) is 0 Å². The highest BCUT2D eigenvalue weighted by atomic mass is 31.2. The van der Waals surface area contributed by atoms with Gasteiger partial charge in [0.15, 0.2) is 18.0 Å². The van der Waals surface area contributed by atoms with E-state index in [1.165, 1.54) is 35.6 Å². The summed E-state index contributed by atoms with van der Waals surface area (Å²) in [4.78, 5) is 28.7. The van der Waals surface area contributed by atoms with E-state index in [0.717, 1.165) is 6.92 Å². The lowest BCUT2D eigenvalue weighted by molar-refractivity contribution is -0.751. The summed E-state index contributed by atoms with van der Waals surface area (Å²) in [6.07, 6.45) is -0.316. The smallest absolute Gasteiger partial charge is 0.359 e. The van der Waals surface area contributed by atoms with Crippen molar-refractivity contribution in [2.24, 2.45) is 7.05 Å². The highest BCUT2D eigenvalue weighted by Gasteiger charge is 2.47. The Morgan fingerprint density at radius 3 is 2.66 bits per heavy atom. The van der Waals surface area contributed by atoms with Crippen molar-refractivity contribution in [3.63, 3.8) is 0 Å². The number of aromatic amines is 1. The first kappa shape index (κ1) is 26.5. The number of imidazole rings is 1. The molecule has 0 fully saturated rings. The van der Waals surface area contributed by atoms with E-state index in [1.807, 2.05) is 0 Å². The van der Waals surface area contributed by atoms with Crippen LogP contribution in [-0.4, -0.2) is 71.7 Å². The average Bonchev–Trinajstić information content (AvgIpc) is 3.07. The van der Waals surface area contributed by atoms with E-state index in [4.69, 9.17) is 9.26 Å². The third kappa shape index (κ3) is 5.42. The quantitative estimate of drug-likeness (QED) is 0.204. The lowest BCUT2D eigenvalue weighted by Gasteiger charge is -2.35. The molecule has 2 heterocycles. The first-order chi connectivity index (χ1) is 14.8. The molecule has 182 valence electrons. The van der Waals surface area contributed by atoms with Gasteiger partial charge in [0, 0.05) is 6.42 Å². The van der Waals surface area contributed by atoms with Gasteiger partial charge in [0.1, 0.15) is 18.4 Å². The van der Waals surface area contributed by atoms with Gasteiger partial charge in [-0.2, -0.15) is 0 Å². The van der Waals surface area contributed by atoms with Gasteiger partial charge in [-0.1, -0.05) is 11.9 Å². The summed E-state index contributed by atoms with van der Waals surface area (Å²) >= 11 is 0. The number of halogens is 1. The van der Waals surface area contributed by atoms with Crippen molar-refractivity contribution in [3.05, 3.63) is 23.0 Å². The number of nitrogens with one attached hydrogen (secondary N) is 1. The molecular formula is C18H31FN4O8P+. The first-order valence-electron chi connectivity index (χ1n) is 9.99. The number of H-pyrrole nitrogens is 1. The summed E-state index contributed by atoms with van der Waals surface area (Å²) in [6, 6.07) is 0. The van der Waals surface area contributed by atoms with Crippen LogP contribution in [0.25, 0.3) is 11.2 Å². The Hall–Kier alpha value is -1.73. The average molecular weight is 481 g/mol. The van der Waals surface area contributed by atoms with Crippen LogP contribution >= 0.6 is 7.60 Å². The fourth-order valence-corrected chi connectivity index (χ4v) is 4.31. The van der Waals surface area contributed by atoms with Crippen LogP contribution in [0.5, 0.6) is 0 Å². The third-order valence-corrected chi connectivity index (χ3v) is 7.54. The molecule has 5 atom stereocenters. The molecule has 5 N–H and O–H groups in total. The van der Waals surface area contributed by atoms with Crippen molar-refractivity contribution < 1.29 is 43.0 Å². The van der Waals surface area contributed by atoms with Gasteiger partial charge in [0.05, 0.1) is 20.3 Å². The van der Waals surface area contributed by atoms with Gasteiger partial charge < -0.3 is 24.9 Å². The summed E-state index contributed by atoms with van der Waals surface area (Å²) in [6.45, 7) is 1.79. The molecule has 0 aliphatic rings. The number of fused-ring (bicyclic) bond motifs is 1. The molecule has 0 aliphatic carbocycles. The number of alkyl halides is 1. The molecule has 0 radical (unpaired) electrons. The summed E-state index contributed by atoms with van der Waals surface area (Å²) in [7, 11) is -3.01. The van der Waals surface area contributed by atoms with Crippen LogP contribution in [0.1, 0.15) is 39.8 Å². The molecule has 0 saturated heterocycles. The fourth-order valence-electron chi connectivity index (χ4n) is 2.97. The van der Waals surface area contributed by atoms with E-state index in [-0.39, 0.29) is 30.6 Å². The number of aryl methyl sites for hydroxylation is 1. The van der Waals surface area contributed by atoms with E-state index in [0.29, 0.717) is 0 Å². The van der Waals surface area contributed by atoms with Crippen molar-refractivity contribution in [1.82, 2.24) is 14.5 Å². The second-order valence-corrected chi connectivity index (χ2v) is 10.3. The van der Waals surface area contributed by atoms with Crippen LogP contribution in [-0.2, 0) is 20.9 Å². The predicted octanol–water partition coefficient (Wildman–Crippen LogP) is -0.144. The van der Waals surface area contributed by atoms with Crippen LogP contribution in [0, 0.1) is 0 Å². The maximum Gasteiger partial charge on any atom is 0.359 e. The van der Waals surface area contributed by atoms with Gasteiger partial charge in [-0.3, -0.25) is 23.4 Å². The number of nitrogens with zero attached hydrogens (tertiary/aromatic N) is 3. The summed E-state index contributed by atoms with van der Waals surface area (Å²) in [5.41, 5.74) is -1.81. The molecule has 2 aromatic heterocycles. The zero-order chi connectivity index (χ0) is 24.3. The van der Waals surface area contributed by atoms with Crippen LogP contribution < -0.4 is 10.1 Å². The summed E-state index contributed by atoms with van der Waals surface area (Å²) < 4.78 is 39.8. The lowest BCUT2D eigenvalue weighted by atomic mass is 10.1. The van der Waals surface area contributed by atoms with Gasteiger partial charge in [-0.25, -0.2) is 8.96 Å². The largest absolute Gasteiger partial charge is 0.393 e. The van der Waals surface area contributed by atoms with Crippen LogP contribution in [0.3, 0.4) is 0 Å². The normalized spacial score (nSPS) is 19.8. The molecule has 14 heteroatoms. The maximum atomic E-state index is 13.8. The molecule has 0 bridgehead atoms. The summed E-state index contributed by atoms with van der Waals surface area (Å²) in [5.74, 6) is 0. The second kappa shape index (κ2) is 10.0. The molecular weight excluding hydrogens is 450 g/mol. The number of aromatic nitrogens is 4. The lowest BCUT2D eigenvalue weighted by Crippen LogP contribution is -2.49. The fraction of sp³-hybridized carbons (Fsp3) is 0.722. The van der Waals surface area contributed by atoms with Crippen LogP contribution in [0.4, 0.5) is 4.39 Å². The van der Waals surface area contributed by atoms with Crippen molar-refractivity contribution in [3.8, 4) is 0 Å². The number of hydrogen-bond acceptors (Lipinski definition) is 8. The van der Waals surface area contributed by atoms with Crippen molar-refractivity contribution in [2.45, 2.75) is 56.9 Å². The molecule has 32 heavy (non-hydrogen) atoms. The Labute approximate surface area is 183 Å². The number of aliphatic hydroxyl groups excluding tert-OH is 2. The Morgan fingerprint density at radius 1 is 1.44 bits per heavy atom. The van der Waals surface area contributed by atoms with Gasteiger partial charge >= 0.3 is 13.2 Å². The Balaban J connectivity index is 2.24. The van der Waals surface area contributed by atoms with E-state index >= 15 is 0 Å². The van der Waals surface area contributed by atoms with E-state index in [2.05, 4.69) is 9.97 Å². The molecule has 0 amide bonds. The molecule has 12 nitrogen and oxygen atoms in total. The zero-order valence-electron chi connectivity index (χ0n) is 18.4. The van der Waals surface area contributed by atoms with Crippen molar-refractivity contribution >= 4 is 18.8 Å². The molecule has 0 spiro atoms. The maximum absolute atomic E-state index is 13.8. The highest BCUT2D eigenvalue weighted by molar-refractivity contribution is 7.54. The molecule has 0 saturated carbocycles. The minimum atomic E-state index is -4.60. The predicted molar refractivity (Wildman–Crippen MR) is 110 cm³/mol.